The van der Waals surface area contributed by atoms with Crippen LogP contribution in [-0.2, 0) is 0 Å². The van der Waals surface area contributed by atoms with Gasteiger partial charge in [-0.3, -0.25) is 0 Å². The van der Waals surface area contributed by atoms with Gasteiger partial charge in [0.05, 0.1) is 6.07 Å². The third kappa shape index (κ3) is 4.00. The molecular formula is C19H33N. The highest BCUT2D eigenvalue weighted by atomic mass is 14.4. The molecule has 2 aliphatic rings. The van der Waals surface area contributed by atoms with E-state index in [4.69, 9.17) is 0 Å². The van der Waals surface area contributed by atoms with Crippen LogP contribution < -0.4 is 0 Å². The minimum atomic E-state index is 0.346. The van der Waals surface area contributed by atoms with Crippen LogP contribution in [0, 0.1) is 40.9 Å². The standard InChI is InChI=1S/C19H33N/c1-3-5-7-15-8-9-17-13-18(11-10-16(17)12-15)19(14-20)6-4-2/h15-19H,3-13H2,1-2H3/t15-,16-,17-,18+,19?/m0/s1. The van der Waals surface area contributed by atoms with Crippen molar-refractivity contribution in [2.75, 3.05) is 0 Å². The maximum Gasteiger partial charge on any atom is 0.0658 e. The number of hydrogen-bond donors (Lipinski definition) is 0. The Kier molecular flexibility index (Phi) is 6.40. The normalized spacial score (nSPS) is 35.0. The van der Waals surface area contributed by atoms with Crippen molar-refractivity contribution in [3.8, 4) is 6.07 Å². The molecule has 0 aliphatic heterocycles. The van der Waals surface area contributed by atoms with Gasteiger partial charge in [0.15, 0.2) is 0 Å². The Morgan fingerprint density at radius 2 is 1.75 bits per heavy atom. The van der Waals surface area contributed by atoms with Crippen LogP contribution in [0.25, 0.3) is 0 Å². The second kappa shape index (κ2) is 8.06. The molecule has 0 aromatic heterocycles. The summed E-state index contributed by atoms with van der Waals surface area (Å²) in [4.78, 5) is 0. The average molecular weight is 275 g/mol. The van der Waals surface area contributed by atoms with Crippen molar-refractivity contribution in [2.24, 2.45) is 29.6 Å². The van der Waals surface area contributed by atoms with E-state index in [0.717, 1.165) is 24.2 Å². The summed E-state index contributed by atoms with van der Waals surface area (Å²) in [5.74, 6) is 4.05. The first-order valence-corrected chi connectivity index (χ1v) is 9.18. The number of hydrogen-bond acceptors (Lipinski definition) is 1. The fourth-order valence-corrected chi connectivity index (χ4v) is 4.86. The van der Waals surface area contributed by atoms with E-state index in [1.807, 2.05) is 0 Å². The quantitative estimate of drug-likeness (QED) is 0.587. The van der Waals surface area contributed by atoms with Crippen molar-refractivity contribution < 1.29 is 0 Å². The van der Waals surface area contributed by atoms with E-state index < -0.39 is 0 Å². The smallest absolute Gasteiger partial charge is 0.0658 e. The molecule has 0 bridgehead atoms. The molecule has 2 aliphatic carbocycles. The molecule has 1 nitrogen and oxygen atoms in total. The summed E-state index contributed by atoms with van der Waals surface area (Å²) in [5.41, 5.74) is 0. The molecule has 20 heavy (non-hydrogen) atoms. The summed E-state index contributed by atoms with van der Waals surface area (Å²) < 4.78 is 0. The Balaban J connectivity index is 1.83. The van der Waals surface area contributed by atoms with Crippen molar-refractivity contribution in [3.05, 3.63) is 0 Å². The van der Waals surface area contributed by atoms with Crippen LogP contribution in [-0.4, -0.2) is 0 Å². The van der Waals surface area contributed by atoms with Gasteiger partial charge >= 0.3 is 0 Å². The fourth-order valence-electron chi connectivity index (χ4n) is 4.86. The van der Waals surface area contributed by atoms with E-state index in [0.29, 0.717) is 11.8 Å². The molecule has 0 amide bonds. The highest BCUT2D eigenvalue weighted by Crippen LogP contribution is 2.47. The van der Waals surface area contributed by atoms with Gasteiger partial charge in [-0.05, 0) is 62.2 Å². The summed E-state index contributed by atoms with van der Waals surface area (Å²) in [7, 11) is 0. The van der Waals surface area contributed by atoms with Gasteiger partial charge in [-0.15, -0.1) is 0 Å². The Morgan fingerprint density at radius 3 is 2.45 bits per heavy atom. The Hall–Kier alpha value is -0.510. The van der Waals surface area contributed by atoms with Crippen molar-refractivity contribution in [3.63, 3.8) is 0 Å². The largest absolute Gasteiger partial charge is 0.198 e. The predicted molar refractivity (Wildman–Crippen MR) is 85.2 cm³/mol. The van der Waals surface area contributed by atoms with E-state index in [9.17, 15) is 5.26 Å². The molecule has 2 rings (SSSR count). The van der Waals surface area contributed by atoms with Gasteiger partial charge in [0.2, 0.25) is 0 Å². The Bertz CT molecular complexity index is 316. The van der Waals surface area contributed by atoms with Gasteiger partial charge < -0.3 is 0 Å². The van der Waals surface area contributed by atoms with Gasteiger partial charge in [-0.2, -0.15) is 5.26 Å². The van der Waals surface area contributed by atoms with Crippen LogP contribution in [0.1, 0.15) is 84.5 Å². The molecule has 0 spiro atoms. The van der Waals surface area contributed by atoms with Gasteiger partial charge in [0.1, 0.15) is 0 Å². The van der Waals surface area contributed by atoms with E-state index in [2.05, 4.69) is 19.9 Å². The van der Waals surface area contributed by atoms with Crippen LogP contribution in [0.15, 0.2) is 0 Å². The number of fused-ring (bicyclic) bond motifs is 1. The number of nitriles is 1. The molecule has 0 radical (unpaired) electrons. The van der Waals surface area contributed by atoms with Gasteiger partial charge in [-0.1, -0.05) is 46.0 Å². The molecule has 0 aromatic rings. The van der Waals surface area contributed by atoms with Crippen molar-refractivity contribution in [1.82, 2.24) is 0 Å². The highest BCUT2D eigenvalue weighted by molar-refractivity contribution is 4.94. The zero-order valence-electron chi connectivity index (χ0n) is 13.6. The lowest BCUT2D eigenvalue weighted by Gasteiger charge is -2.43. The zero-order valence-corrected chi connectivity index (χ0v) is 13.6. The molecule has 0 saturated heterocycles. The van der Waals surface area contributed by atoms with Crippen LogP contribution in [0.2, 0.25) is 0 Å². The van der Waals surface area contributed by atoms with E-state index >= 15 is 0 Å². The molecular weight excluding hydrogens is 242 g/mol. The second-order valence-electron chi connectivity index (χ2n) is 7.44. The number of unbranched alkanes of at least 4 members (excludes halogenated alkanes) is 1. The molecule has 114 valence electrons. The monoisotopic (exact) mass is 275 g/mol. The summed E-state index contributed by atoms with van der Waals surface area (Å²) >= 11 is 0. The molecule has 0 heterocycles. The van der Waals surface area contributed by atoms with Crippen LogP contribution in [0.3, 0.4) is 0 Å². The lowest BCUT2D eigenvalue weighted by atomic mass is 9.62. The minimum absolute atomic E-state index is 0.346. The summed E-state index contributed by atoms with van der Waals surface area (Å²) in [6, 6.07) is 2.60. The van der Waals surface area contributed by atoms with Crippen molar-refractivity contribution in [2.45, 2.75) is 84.5 Å². The molecule has 5 atom stereocenters. The predicted octanol–water partition coefficient (Wildman–Crippen LogP) is 5.95. The molecule has 0 aromatic carbocycles. The number of rotatable bonds is 6. The maximum absolute atomic E-state index is 9.39. The number of nitrogens with zero attached hydrogens (tertiary/aromatic N) is 1. The first kappa shape index (κ1) is 15.9. The first-order chi connectivity index (χ1) is 9.78. The molecule has 1 unspecified atom stereocenters. The third-order valence-corrected chi connectivity index (χ3v) is 6.06. The van der Waals surface area contributed by atoms with E-state index in [-0.39, 0.29) is 0 Å². The van der Waals surface area contributed by atoms with Crippen molar-refractivity contribution in [1.29, 1.82) is 5.26 Å². The molecule has 1 heteroatoms. The lowest BCUT2D eigenvalue weighted by Crippen LogP contribution is -2.33. The first-order valence-electron chi connectivity index (χ1n) is 9.18. The van der Waals surface area contributed by atoms with Crippen LogP contribution in [0.4, 0.5) is 0 Å². The Labute approximate surface area is 126 Å². The summed E-state index contributed by atoms with van der Waals surface area (Å²) in [6.45, 7) is 4.53. The van der Waals surface area contributed by atoms with Crippen LogP contribution >= 0.6 is 0 Å². The summed E-state index contributed by atoms with van der Waals surface area (Å²) in [6.07, 6.45) is 15.1. The Morgan fingerprint density at radius 1 is 1.00 bits per heavy atom. The van der Waals surface area contributed by atoms with Crippen molar-refractivity contribution >= 4 is 0 Å². The zero-order chi connectivity index (χ0) is 14.4. The topological polar surface area (TPSA) is 23.8 Å². The highest BCUT2D eigenvalue weighted by Gasteiger charge is 2.37. The second-order valence-corrected chi connectivity index (χ2v) is 7.44. The lowest BCUT2D eigenvalue weighted by molar-refractivity contribution is 0.0801. The molecule has 2 fully saturated rings. The van der Waals surface area contributed by atoms with Crippen LogP contribution in [0.5, 0.6) is 0 Å². The van der Waals surface area contributed by atoms with Gasteiger partial charge in [-0.25, -0.2) is 0 Å². The van der Waals surface area contributed by atoms with E-state index in [1.54, 1.807) is 0 Å². The molecule has 0 N–H and O–H groups in total. The SMILES string of the molecule is CCCC[C@H]1CC[C@H]2C[C@H](C(C#N)CCC)CC[C@H]2C1. The van der Waals surface area contributed by atoms with E-state index in [1.165, 1.54) is 64.2 Å². The fraction of sp³-hybridized carbons (Fsp3) is 0.947. The maximum atomic E-state index is 9.39. The summed E-state index contributed by atoms with van der Waals surface area (Å²) in [5, 5.41) is 9.39. The minimum Gasteiger partial charge on any atom is -0.198 e. The average Bonchev–Trinajstić information content (AvgIpc) is 2.50. The third-order valence-electron chi connectivity index (χ3n) is 6.06. The molecule has 2 saturated carbocycles. The van der Waals surface area contributed by atoms with Gasteiger partial charge in [0.25, 0.3) is 0 Å². The van der Waals surface area contributed by atoms with Gasteiger partial charge in [0, 0.05) is 5.92 Å².